The number of rotatable bonds is 6. The Hall–Kier alpha value is -1.43. The highest BCUT2D eigenvalue weighted by atomic mass is 35.5. The van der Waals surface area contributed by atoms with E-state index in [1.165, 1.54) is 0 Å². The molecule has 23 heavy (non-hydrogen) atoms. The molecule has 1 aromatic carbocycles. The number of nitrogens with one attached hydrogen (secondary N) is 2. The molecular weight excluding hydrogens is 329 g/mol. The van der Waals surface area contributed by atoms with Crippen molar-refractivity contribution in [2.75, 3.05) is 5.32 Å². The van der Waals surface area contributed by atoms with Gasteiger partial charge in [0.25, 0.3) is 0 Å². The highest BCUT2D eigenvalue weighted by molar-refractivity contribution is 6.33. The molecule has 7 heteroatoms. The fraction of sp³-hybridized carbons (Fsp3) is 0.562. The van der Waals surface area contributed by atoms with Crippen LogP contribution in [0.5, 0.6) is 0 Å². The summed E-state index contributed by atoms with van der Waals surface area (Å²) in [6, 6.07) is 2.18. The molecule has 1 aromatic rings. The van der Waals surface area contributed by atoms with E-state index in [4.69, 9.17) is 11.6 Å². The number of urea groups is 1. The van der Waals surface area contributed by atoms with Crippen LogP contribution in [0.25, 0.3) is 0 Å². The molecule has 0 aliphatic carbocycles. The molecule has 0 aliphatic heterocycles. The van der Waals surface area contributed by atoms with Gasteiger partial charge in [-0.05, 0) is 37.5 Å². The lowest BCUT2D eigenvalue weighted by Crippen LogP contribution is -2.36. The van der Waals surface area contributed by atoms with Gasteiger partial charge in [0.15, 0.2) is 0 Å². The Labute approximate surface area is 139 Å². The Morgan fingerprint density at radius 1 is 1.22 bits per heavy atom. The highest BCUT2D eigenvalue weighted by Crippen LogP contribution is 2.33. The summed E-state index contributed by atoms with van der Waals surface area (Å²) in [5, 5.41) is 5.12. The second-order valence-electron chi connectivity index (χ2n) is 6.02. The van der Waals surface area contributed by atoms with Crippen molar-refractivity contribution in [2.45, 2.75) is 52.3 Å². The average molecular weight is 351 g/mol. The molecule has 0 spiro atoms. The molecule has 0 unspecified atom stereocenters. The molecule has 3 nitrogen and oxygen atoms in total. The van der Waals surface area contributed by atoms with Gasteiger partial charge in [0.1, 0.15) is 0 Å². The predicted octanol–water partition coefficient (Wildman–Crippen LogP) is 5.70. The van der Waals surface area contributed by atoms with Crippen molar-refractivity contribution < 1.29 is 18.0 Å². The Balaban J connectivity index is 2.60. The van der Waals surface area contributed by atoms with Crippen molar-refractivity contribution >= 4 is 23.3 Å². The maximum Gasteiger partial charge on any atom is 0.416 e. The topological polar surface area (TPSA) is 41.1 Å². The van der Waals surface area contributed by atoms with E-state index in [2.05, 4.69) is 24.5 Å². The number of alkyl halides is 3. The molecule has 0 heterocycles. The van der Waals surface area contributed by atoms with Crippen molar-refractivity contribution in [1.29, 1.82) is 0 Å². The molecule has 0 aromatic heterocycles. The largest absolute Gasteiger partial charge is 0.416 e. The minimum Gasteiger partial charge on any atom is -0.335 e. The summed E-state index contributed by atoms with van der Waals surface area (Å²) in [4.78, 5) is 11.9. The third-order valence-corrected chi connectivity index (χ3v) is 3.67. The minimum absolute atomic E-state index is 0.0561. The summed E-state index contributed by atoms with van der Waals surface area (Å²) in [6.07, 6.45) is -1.64. The third kappa shape index (κ3) is 7.12. The number of carbonyl (C=O) groups excluding carboxylic acids is 1. The first-order valence-electron chi connectivity index (χ1n) is 7.54. The van der Waals surface area contributed by atoms with Gasteiger partial charge in [-0.2, -0.15) is 13.2 Å². The van der Waals surface area contributed by atoms with Crippen LogP contribution in [-0.4, -0.2) is 12.1 Å². The molecule has 0 saturated carbocycles. The van der Waals surface area contributed by atoms with Crippen LogP contribution in [0.2, 0.25) is 5.02 Å². The normalized spacial score (nSPS) is 13.0. The molecule has 0 saturated heterocycles. The van der Waals surface area contributed by atoms with E-state index in [0.29, 0.717) is 5.92 Å². The van der Waals surface area contributed by atoms with Crippen LogP contribution in [0, 0.1) is 5.92 Å². The van der Waals surface area contributed by atoms with E-state index >= 15 is 0 Å². The summed E-state index contributed by atoms with van der Waals surface area (Å²) in [5.74, 6) is 0.597. The van der Waals surface area contributed by atoms with Crippen LogP contribution in [0.1, 0.15) is 45.6 Å². The predicted molar refractivity (Wildman–Crippen MR) is 86.8 cm³/mol. The van der Waals surface area contributed by atoms with Gasteiger partial charge >= 0.3 is 12.2 Å². The van der Waals surface area contributed by atoms with Crippen molar-refractivity contribution in [3.8, 4) is 0 Å². The zero-order valence-electron chi connectivity index (χ0n) is 13.4. The second-order valence-corrected chi connectivity index (χ2v) is 6.42. The summed E-state index contributed by atoms with van der Waals surface area (Å²) in [5.41, 5.74) is -0.921. The molecule has 2 amide bonds. The van der Waals surface area contributed by atoms with Crippen LogP contribution in [0.3, 0.4) is 0 Å². The zero-order chi connectivity index (χ0) is 17.6. The van der Waals surface area contributed by atoms with Crippen LogP contribution >= 0.6 is 11.6 Å². The number of halogens is 4. The standard InChI is InChI=1S/C16H22ClF3N2O/c1-10(2)5-4-6-11(3)21-15(23)22-14-9-12(16(18,19)20)7-8-13(14)17/h7-11H,4-6H2,1-3H3,(H2,21,22,23)/t11-/m1/s1. The Morgan fingerprint density at radius 3 is 2.43 bits per heavy atom. The molecule has 1 atom stereocenters. The first kappa shape index (κ1) is 19.6. The summed E-state index contributed by atoms with van der Waals surface area (Å²) in [6.45, 7) is 6.11. The van der Waals surface area contributed by atoms with E-state index in [1.807, 2.05) is 6.92 Å². The maximum atomic E-state index is 12.7. The lowest BCUT2D eigenvalue weighted by molar-refractivity contribution is -0.137. The monoisotopic (exact) mass is 350 g/mol. The van der Waals surface area contributed by atoms with Gasteiger partial charge in [-0.1, -0.05) is 38.3 Å². The number of amides is 2. The van der Waals surface area contributed by atoms with Gasteiger partial charge in [0.05, 0.1) is 16.3 Å². The lowest BCUT2D eigenvalue weighted by Gasteiger charge is -2.16. The van der Waals surface area contributed by atoms with Crippen LogP contribution in [0.15, 0.2) is 18.2 Å². The van der Waals surface area contributed by atoms with Crippen molar-refractivity contribution in [1.82, 2.24) is 5.32 Å². The van der Waals surface area contributed by atoms with Gasteiger partial charge in [-0.3, -0.25) is 0 Å². The van der Waals surface area contributed by atoms with Crippen molar-refractivity contribution in [3.63, 3.8) is 0 Å². The van der Waals surface area contributed by atoms with Gasteiger partial charge < -0.3 is 10.6 Å². The third-order valence-electron chi connectivity index (χ3n) is 3.34. The van der Waals surface area contributed by atoms with Gasteiger partial charge in [0, 0.05) is 6.04 Å². The first-order valence-corrected chi connectivity index (χ1v) is 7.91. The summed E-state index contributed by atoms with van der Waals surface area (Å²) >= 11 is 5.84. The van der Waals surface area contributed by atoms with Crippen molar-refractivity contribution in [2.24, 2.45) is 5.92 Å². The lowest BCUT2D eigenvalue weighted by atomic mass is 10.0. The molecule has 130 valence electrons. The number of anilines is 1. The maximum absolute atomic E-state index is 12.7. The molecule has 0 bridgehead atoms. The minimum atomic E-state index is -4.48. The molecule has 0 radical (unpaired) electrons. The molecule has 0 fully saturated rings. The quantitative estimate of drug-likeness (QED) is 0.679. The van der Waals surface area contributed by atoms with Crippen LogP contribution in [-0.2, 0) is 6.18 Å². The Kier molecular flexibility index (Phi) is 7.19. The van der Waals surface area contributed by atoms with E-state index in [-0.39, 0.29) is 16.8 Å². The van der Waals surface area contributed by atoms with Crippen LogP contribution < -0.4 is 10.6 Å². The molecular formula is C16H22ClF3N2O. The first-order chi connectivity index (χ1) is 10.6. The summed E-state index contributed by atoms with van der Waals surface area (Å²) < 4.78 is 38.0. The van der Waals surface area contributed by atoms with E-state index in [9.17, 15) is 18.0 Å². The fourth-order valence-electron chi connectivity index (χ4n) is 2.08. The van der Waals surface area contributed by atoms with Crippen molar-refractivity contribution in [3.05, 3.63) is 28.8 Å². The molecule has 0 aliphatic rings. The van der Waals surface area contributed by atoms with Gasteiger partial charge in [-0.15, -0.1) is 0 Å². The zero-order valence-corrected chi connectivity index (χ0v) is 14.2. The number of hydrogen-bond acceptors (Lipinski definition) is 1. The van der Waals surface area contributed by atoms with E-state index < -0.39 is 17.8 Å². The van der Waals surface area contributed by atoms with Gasteiger partial charge in [0.2, 0.25) is 0 Å². The highest BCUT2D eigenvalue weighted by Gasteiger charge is 2.31. The van der Waals surface area contributed by atoms with Gasteiger partial charge in [-0.25, -0.2) is 4.79 Å². The summed E-state index contributed by atoms with van der Waals surface area (Å²) in [7, 11) is 0. The SMILES string of the molecule is CC(C)CCC[C@@H](C)NC(=O)Nc1cc(C(F)(F)F)ccc1Cl. The second kappa shape index (κ2) is 8.43. The Morgan fingerprint density at radius 2 is 1.87 bits per heavy atom. The number of benzene rings is 1. The Bertz CT molecular complexity index is 533. The van der Waals surface area contributed by atoms with E-state index in [0.717, 1.165) is 37.5 Å². The fourth-order valence-corrected chi connectivity index (χ4v) is 2.25. The van der Waals surface area contributed by atoms with Crippen LogP contribution in [0.4, 0.5) is 23.7 Å². The number of hydrogen-bond donors (Lipinski definition) is 2. The number of carbonyl (C=O) groups is 1. The smallest absolute Gasteiger partial charge is 0.335 e. The average Bonchev–Trinajstić information content (AvgIpc) is 2.39. The van der Waals surface area contributed by atoms with E-state index in [1.54, 1.807) is 0 Å². The molecule has 2 N–H and O–H groups in total. The molecule has 1 rings (SSSR count).